The van der Waals surface area contributed by atoms with Crippen molar-refractivity contribution in [2.45, 2.75) is 24.1 Å². The summed E-state index contributed by atoms with van der Waals surface area (Å²) in [7, 11) is 0. The van der Waals surface area contributed by atoms with Crippen LogP contribution in [0, 0.1) is 0 Å². The standard InChI is InChI=1S/C4H3BrINO2.C4H4INO2/c5-2-1-3(8)7(6)4(2)9;5-6-3(7)1-2-4(6)8/h2H,1H2;1-2H2. The zero-order valence-electron chi connectivity index (χ0n) is 8.36. The number of carbonyl (C=O) groups excluding carboxylic acids is 4. The Bertz CT molecular complexity index is 374. The maximum atomic E-state index is 10.8. The van der Waals surface area contributed by atoms with Crippen LogP contribution in [-0.2, 0) is 19.2 Å². The fourth-order valence-corrected chi connectivity index (χ4v) is 3.00. The molecule has 2 saturated heterocycles. The van der Waals surface area contributed by atoms with Crippen LogP contribution in [0.5, 0.6) is 0 Å². The molecule has 0 radical (unpaired) electrons. The second-order valence-electron chi connectivity index (χ2n) is 3.25. The molecule has 0 bridgehead atoms. The first-order valence-electron chi connectivity index (χ1n) is 4.52. The van der Waals surface area contributed by atoms with Gasteiger partial charge in [-0.2, -0.15) is 0 Å². The van der Waals surface area contributed by atoms with E-state index in [-0.39, 0.29) is 28.5 Å². The molecule has 0 aromatic heterocycles. The molecule has 2 aliphatic rings. The Labute approximate surface area is 134 Å². The Morgan fingerprint density at radius 2 is 1.41 bits per heavy atom. The van der Waals surface area contributed by atoms with Crippen LogP contribution < -0.4 is 0 Å². The number of hydrogen-bond acceptors (Lipinski definition) is 4. The van der Waals surface area contributed by atoms with Crippen LogP contribution in [0.3, 0.4) is 0 Å². The van der Waals surface area contributed by atoms with Crippen molar-refractivity contribution in [2.24, 2.45) is 0 Å². The first-order valence-corrected chi connectivity index (χ1v) is 7.37. The highest BCUT2D eigenvalue weighted by molar-refractivity contribution is 14.1. The molecular formula is C8H7BrI2N2O4. The third-order valence-electron chi connectivity index (χ3n) is 2.02. The van der Waals surface area contributed by atoms with E-state index >= 15 is 0 Å². The van der Waals surface area contributed by atoms with Crippen molar-refractivity contribution in [3.05, 3.63) is 0 Å². The molecule has 17 heavy (non-hydrogen) atoms. The van der Waals surface area contributed by atoms with Gasteiger partial charge in [0, 0.05) is 19.3 Å². The molecule has 4 amide bonds. The summed E-state index contributed by atoms with van der Waals surface area (Å²) in [6.07, 6.45) is 1.07. The monoisotopic (exact) mass is 528 g/mol. The van der Waals surface area contributed by atoms with E-state index in [1.54, 1.807) is 45.7 Å². The van der Waals surface area contributed by atoms with Crippen LogP contribution in [0.25, 0.3) is 0 Å². The molecule has 0 aromatic rings. The van der Waals surface area contributed by atoms with E-state index in [9.17, 15) is 19.2 Å². The van der Waals surface area contributed by atoms with E-state index in [0.29, 0.717) is 19.3 Å². The molecular weight excluding hydrogens is 522 g/mol. The molecule has 0 saturated carbocycles. The normalized spacial score (nSPS) is 24.3. The lowest BCUT2D eigenvalue weighted by Gasteiger charge is -1.99. The number of rotatable bonds is 0. The first-order chi connectivity index (χ1) is 7.84. The predicted octanol–water partition coefficient (Wildman–Crippen LogP) is 1.34. The first kappa shape index (κ1) is 15.3. The van der Waals surface area contributed by atoms with Gasteiger partial charge in [-0.3, -0.25) is 19.2 Å². The zero-order valence-corrected chi connectivity index (χ0v) is 14.3. The van der Waals surface area contributed by atoms with Gasteiger partial charge < -0.3 is 0 Å². The molecule has 0 spiro atoms. The average molecular weight is 529 g/mol. The highest BCUT2D eigenvalue weighted by Crippen LogP contribution is 2.22. The fourth-order valence-electron chi connectivity index (χ4n) is 1.12. The Balaban J connectivity index is 0.000000171. The lowest BCUT2D eigenvalue weighted by atomic mass is 10.4. The minimum absolute atomic E-state index is 0.0735. The van der Waals surface area contributed by atoms with Gasteiger partial charge in [0.05, 0.1) is 45.7 Å². The van der Waals surface area contributed by atoms with Crippen LogP contribution in [0.2, 0.25) is 0 Å². The quantitative estimate of drug-likeness (QED) is 0.206. The van der Waals surface area contributed by atoms with E-state index in [0.717, 1.165) is 6.23 Å². The lowest BCUT2D eigenvalue weighted by Crippen LogP contribution is -2.19. The Hall–Kier alpha value is 0.220. The van der Waals surface area contributed by atoms with Gasteiger partial charge in [-0.05, 0) is 0 Å². The highest BCUT2D eigenvalue weighted by Gasteiger charge is 2.35. The molecule has 94 valence electrons. The summed E-state index contributed by atoms with van der Waals surface area (Å²) in [5, 5.41) is 0. The number of halogens is 3. The van der Waals surface area contributed by atoms with E-state index in [4.69, 9.17) is 0 Å². The van der Waals surface area contributed by atoms with Crippen molar-refractivity contribution >= 4 is 85.3 Å². The van der Waals surface area contributed by atoms with E-state index in [2.05, 4.69) is 15.9 Å². The summed E-state index contributed by atoms with van der Waals surface area (Å²) in [6, 6.07) is 0. The van der Waals surface area contributed by atoms with Gasteiger partial charge >= 0.3 is 0 Å². The SMILES string of the molecule is O=C1CC(Br)C(=O)N1I.O=C1CCC(=O)N1I. The van der Waals surface area contributed by atoms with Crippen LogP contribution in [0.4, 0.5) is 0 Å². The van der Waals surface area contributed by atoms with Gasteiger partial charge in [0.2, 0.25) is 17.7 Å². The number of hydrogen-bond donors (Lipinski definition) is 0. The molecule has 0 aliphatic carbocycles. The Kier molecular flexibility index (Phi) is 5.76. The molecule has 1 unspecified atom stereocenters. The molecule has 2 fully saturated rings. The Morgan fingerprint density at radius 1 is 0.941 bits per heavy atom. The molecule has 0 N–H and O–H groups in total. The summed E-state index contributed by atoms with van der Waals surface area (Å²) in [5.41, 5.74) is 0. The summed E-state index contributed by atoms with van der Waals surface area (Å²) < 4.78 is 2.24. The largest absolute Gasteiger partial charge is 0.274 e. The minimum Gasteiger partial charge on any atom is -0.274 e. The molecule has 0 aromatic carbocycles. The van der Waals surface area contributed by atoms with Crippen molar-refractivity contribution in [1.82, 2.24) is 6.23 Å². The topological polar surface area (TPSA) is 74.8 Å². The van der Waals surface area contributed by atoms with Gasteiger partial charge in [-0.15, -0.1) is 0 Å². The molecule has 2 aliphatic heterocycles. The maximum Gasteiger partial charge on any atom is 0.252 e. The van der Waals surface area contributed by atoms with Crippen LogP contribution in [0.1, 0.15) is 19.3 Å². The van der Waals surface area contributed by atoms with Crippen molar-refractivity contribution in [3.8, 4) is 0 Å². The van der Waals surface area contributed by atoms with Gasteiger partial charge in [-0.1, -0.05) is 15.9 Å². The van der Waals surface area contributed by atoms with Gasteiger partial charge in [0.15, 0.2) is 0 Å². The van der Waals surface area contributed by atoms with E-state index in [1.807, 2.05) is 0 Å². The number of alkyl halides is 1. The van der Waals surface area contributed by atoms with Crippen molar-refractivity contribution in [1.29, 1.82) is 0 Å². The minimum atomic E-state index is -0.290. The molecule has 1 atom stereocenters. The number of amides is 4. The smallest absolute Gasteiger partial charge is 0.252 e. The summed E-state index contributed by atoms with van der Waals surface area (Å²) in [6.45, 7) is 0. The highest BCUT2D eigenvalue weighted by atomic mass is 127. The second-order valence-corrected chi connectivity index (χ2v) is 6.29. The zero-order chi connectivity index (χ0) is 13.2. The molecule has 2 heterocycles. The predicted molar refractivity (Wildman–Crippen MR) is 78.3 cm³/mol. The molecule has 6 nitrogen and oxygen atoms in total. The molecule has 2 rings (SSSR count). The van der Waals surface area contributed by atoms with Crippen molar-refractivity contribution < 1.29 is 19.2 Å². The third kappa shape index (κ3) is 3.84. The lowest BCUT2D eigenvalue weighted by molar-refractivity contribution is -0.132. The fraction of sp³-hybridized carbons (Fsp3) is 0.500. The van der Waals surface area contributed by atoms with Gasteiger partial charge in [0.1, 0.15) is 4.83 Å². The number of imide groups is 2. The summed E-state index contributed by atoms with van der Waals surface area (Å²) in [4.78, 5) is 42.1. The second kappa shape index (κ2) is 6.41. The summed E-state index contributed by atoms with van der Waals surface area (Å²) >= 11 is 6.49. The third-order valence-corrected chi connectivity index (χ3v) is 4.83. The van der Waals surface area contributed by atoms with Crippen molar-refractivity contribution in [2.75, 3.05) is 0 Å². The van der Waals surface area contributed by atoms with E-state index in [1.165, 1.54) is 0 Å². The maximum absolute atomic E-state index is 10.8. The summed E-state index contributed by atoms with van der Waals surface area (Å²) in [5.74, 6) is -0.422. The Morgan fingerprint density at radius 3 is 1.53 bits per heavy atom. The van der Waals surface area contributed by atoms with Crippen molar-refractivity contribution in [3.63, 3.8) is 0 Å². The van der Waals surface area contributed by atoms with Crippen LogP contribution in [0.15, 0.2) is 0 Å². The van der Waals surface area contributed by atoms with Gasteiger partial charge in [-0.25, -0.2) is 6.23 Å². The van der Waals surface area contributed by atoms with E-state index < -0.39 is 0 Å². The average Bonchev–Trinajstić information content (AvgIpc) is 2.69. The number of nitrogens with zero attached hydrogens (tertiary/aromatic N) is 2. The number of carbonyl (C=O) groups is 4. The van der Waals surface area contributed by atoms with Crippen LogP contribution >= 0.6 is 61.7 Å². The van der Waals surface area contributed by atoms with Crippen LogP contribution in [-0.4, -0.2) is 34.7 Å². The molecule has 9 heteroatoms. The van der Waals surface area contributed by atoms with Gasteiger partial charge in [0.25, 0.3) is 5.91 Å².